The van der Waals surface area contributed by atoms with Crippen LogP contribution in [-0.2, 0) is 4.79 Å². The second-order valence-corrected chi connectivity index (χ2v) is 4.01. The minimum atomic E-state index is -0.632. The molecule has 1 aromatic carbocycles. The third kappa shape index (κ3) is 3.21. The number of carbonyl (C=O) groups excluding carboxylic acids is 1. The van der Waals surface area contributed by atoms with Crippen molar-refractivity contribution in [1.29, 1.82) is 0 Å². The van der Waals surface area contributed by atoms with Crippen LogP contribution in [0.5, 0.6) is 5.75 Å². The van der Waals surface area contributed by atoms with Crippen molar-refractivity contribution in [3.8, 4) is 5.75 Å². The van der Waals surface area contributed by atoms with Crippen molar-refractivity contribution in [2.75, 3.05) is 6.61 Å². The quantitative estimate of drug-likeness (QED) is 0.784. The fraction of sp³-hybridized carbons (Fsp3) is 0.125. The van der Waals surface area contributed by atoms with Gasteiger partial charge in [-0.15, -0.1) is 0 Å². The normalized spacial score (nSPS) is 10.0. The molecule has 0 aliphatic carbocycles. The maximum absolute atomic E-state index is 10.4. The van der Waals surface area contributed by atoms with Crippen molar-refractivity contribution in [3.05, 3.63) is 27.2 Å². The van der Waals surface area contributed by atoms with E-state index in [1.807, 2.05) is 0 Å². The average Bonchev–Trinajstić information content (AvgIpc) is 2.01. The SMILES string of the molecule is O=C(Cl)COc1c(Cl)cc(Cl)cc1Cl. The van der Waals surface area contributed by atoms with E-state index >= 15 is 0 Å². The van der Waals surface area contributed by atoms with Crippen molar-refractivity contribution >= 4 is 51.6 Å². The molecule has 0 fully saturated rings. The molecule has 0 heterocycles. The van der Waals surface area contributed by atoms with Gasteiger partial charge in [0.2, 0.25) is 0 Å². The third-order valence-corrected chi connectivity index (χ3v) is 2.18. The Bertz CT molecular complexity index is 341. The van der Waals surface area contributed by atoms with E-state index < -0.39 is 5.24 Å². The zero-order valence-corrected chi connectivity index (χ0v) is 9.71. The summed E-state index contributed by atoms with van der Waals surface area (Å²) >= 11 is 22.3. The van der Waals surface area contributed by atoms with E-state index in [-0.39, 0.29) is 22.4 Å². The standard InChI is InChI=1S/C8H4Cl4O2/c9-4-1-5(10)8(6(11)2-4)14-3-7(12)13/h1-2H,3H2. The fourth-order valence-corrected chi connectivity index (χ4v) is 1.78. The highest BCUT2D eigenvalue weighted by Crippen LogP contribution is 2.35. The monoisotopic (exact) mass is 272 g/mol. The lowest BCUT2D eigenvalue weighted by molar-refractivity contribution is -0.113. The molecule has 0 aliphatic heterocycles. The first kappa shape index (κ1) is 11.9. The number of hydrogen-bond acceptors (Lipinski definition) is 2. The molecule has 0 aromatic heterocycles. The third-order valence-electron chi connectivity index (χ3n) is 1.29. The van der Waals surface area contributed by atoms with E-state index in [4.69, 9.17) is 51.1 Å². The zero-order valence-electron chi connectivity index (χ0n) is 6.69. The summed E-state index contributed by atoms with van der Waals surface area (Å²) in [5.41, 5.74) is 0. The molecule has 0 atom stereocenters. The summed E-state index contributed by atoms with van der Waals surface area (Å²) in [6.45, 7) is -0.289. The number of halogens is 4. The Morgan fingerprint density at radius 1 is 1.21 bits per heavy atom. The fourth-order valence-electron chi connectivity index (χ4n) is 0.796. The van der Waals surface area contributed by atoms with Gasteiger partial charge in [0.25, 0.3) is 5.24 Å². The van der Waals surface area contributed by atoms with Gasteiger partial charge in [0.05, 0.1) is 10.0 Å². The smallest absolute Gasteiger partial charge is 0.259 e. The van der Waals surface area contributed by atoms with Crippen LogP contribution in [0.4, 0.5) is 0 Å². The van der Waals surface area contributed by atoms with Gasteiger partial charge in [-0.2, -0.15) is 0 Å². The molecule has 76 valence electrons. The Kier molecular flexibility index (Phi) is 4.32. The summed E-state index contributed by atoms with van der Waals surface area (Å²) in [6.07, 6.45) is 0. The maximum Gasteiger partial charge on any atom is 0.259 e. The molecule has 0 aliphatic rings. The van der Waals surface area contributed by atoms with E-state index in [9.17, 15) is 4.79 Å². The van der Waals surface area contributed by atoms with Crippen LogP contribution in [0.2, 0.25) is 15.1 Å². The second-order valence-electron chi connectivity index (χ2n) is 2.34. The lowest BCUT2D eigenvalue weighted by Gasteiger charge is -2.07. The van der Waals surface area contributed by atoms with Crippen LogP contribution in [0.15, 0.2) is 12.1 Å². The number of carbonyl (C=O) groups is 1. The molecule has 1 rings (SSSR count). The average molecular weight is 274 g/mol. The number of hydrogen-bond donors (Lipinski definition) is 0. The first-order valence-electron chi connectivity index (χ1n) is 3.46. The molecule has 1 aromatic rings. The van der Waals surface area contributed by atoms with Crippen LogP contribution < -0.4 is 4.74 Å². The molecule has 0 N–H and O–H groups in total. The van der Waals surface area contributed by atoms with Crippen LogP contribution in [0.1, 0.15) is 0 Å². The Morgan fingerprint density at radius 3 is 2.14 bits per heavy atom. The van der Waals surface area contributed by atoms with E-state index in [0.29, 0.717) is 5.02 Å². The van der Waals surface area contributed by atoms with Crippen LogP contribution in [0.25, 0.3) is 0 Å². The van der Waals surface area contributed by atoms with Gasteiger partial charge in [-0.05, 0) is 23.7 Å². The molecule has 0 amide bonds. The largest absolute Gasteiger partial charge is 0.481 e. The summed E-state index contributed by atoms with van der Waals surface area (Å²) in [4.78, 5) is 10.4. The lowest BCUT2D eigenvalue weighted by Crippen LogP contribution is -2.05. The van der Waals surface area contributed by atoms with Crippen molar-refractivity contribution in [2.45, 2.75) is 0 Å². The highest BCUT2D eigenvalue weighted by Gasteiger charge is 2.10. The van der Waals surface area contributed by atoms with Gasteiger partial charge in [-0.3, -0.25) is 4.79 Å². The summed E-state index contributed by atoms with van der Waals surface area (Å²) in [7, 11) is 0. The van der Waals surface area contributed by atoms with E-state index in [1.165, 1.54) is 12.1 Å². The van der Waals surface area contributed by atoms with E-state index in [2.05, 4.69) is 0 Å². The van der Waals surface area contributed by atoms with Crippen LogP contribution in [0, 0.1) is 0 Å². The van der Waals surface area contributed by atoms with E-state index in [1.54, 1.807) is 0 Å². The Hall–Kier alpha value is -0.150. The minimum absolute atomic E-state index is 0.201. The summed E-state index contributed by atoms with van der Waals surface area (Å²) in [5.74, 6) is 0.201. The molecule has 6 heteroatoms. The summed E-state index contributed by atoms with van der Waals surface area (Å²) < 4.78 is 4.98. The Labute approximate surface area is 101 Å². The molecule has 2 nitrogen and oxygen atoms in total. The molecule has 14 heavy (non-hydrogen) atoms. The summed E-state index contributed by atoms with van der Waals surface area (Å²) in [6, 6.07) is 2.92. The molecule has 0 unspecified atom stereocenters. The number of rotatable bonds is 3. The van der Waals surface area contributed by atoms with Gasteiger partial charge >= 0.3 is 0 Å². The molecule has 0 saturated carbocycles. The molecular weight excluding hydrogens is 270 g/mol. The van der Waals surface area contributed by atoms with Crippen LogP contribution in [0.3, 0.4) is 0 Å². The Morgan fingerprint density at radius 2 is 1.71 bits per heavy atom. The van der Waals surface area contributed by atoms with Crippen LogP contribution in [-0.4, -0.2) is 11.8 Å². The van der Waals surface area contributed by atoms with Gasteiger partial charge in [0.1, 0.15) is 0 Å². The topological polar surface area (TPSA) is 26.3 Å². The van der Waals surface area contributed by atoms with Gasteiger partial charge < -0.3 is 4.74 Å². The molecule has 0 bridgehead atoms. The van der Waals surface area contributed by atoms with Gasteiger partial charge in [-0.25, -0.2) is 0 Å². The van der Waals surface area contributed by atoms with Crippen molar-refractivity contribution in [2.24, 2.45) is 0 Å². The Balaban J connectivity index is 2.91. The van der Waals surface area contributed by atoms with Gasteiger partial charge in [0.15, 0.2) is 12.4 Å². The molecule has 0 spiro atoms. The predicted molar refractivity (Wildman–Crippen MR) is 57.8 cm³/mol. The van der Waals surface area contributed by atoms with Crippen molar-refractivity contribution < 1.29 is 9.53 Å². The molecular formula is C8H4Cl4O2. The minimum Gasteiger partial charge on any atom is -0.481 e. The highest BCUT2D eigenvalue weighted by atomic mass is 35.5. The first-order valence-corrected chi connectivity index (χ1v) is 4.97. The maximum atomic E-state index is 10.4. The van der Waals surface area contributed by atoms with E-state index in [0.717, 1.165) is 0 Å². The van der Waals surface area contributed by atoms with Gasteiger partial charge in [0, 0.05) is 5.02 Å². The second kappa shape index (κ2) is 5.08. The van der Waals surface area contributed by atoms with Gasteiger partial charge in [-0.1, -0.05) is 34.8 Å². The summed E-state index contributed by atoms with van der Waals surface area (Å²) in [5, 5.41) is 0.234. The zero-order chi connectivity index (χ0) is 10.7. The van der Waals surface area contributed by atoms with Crippen molar-refractivity contribution in [1.82, 2.24) is 0 Å². The van der Waals surface area contributed by atoms with Crippen molar-refractivity contribution in [3.63, 3.8) is 0 Å². The van der Waals surface area contributed by atoms with Crippen LogP contribution >= 0.6 is 46.4 Å². The lowest BCUT2D eigenvalue weighted by atomic mass is 10.3. The first-order chi connectivity index (χ1) is 6.50. The molecule has 0 radical (unpaired) electrons. The highest BCUT2D eigenvalue weighted by molar-refractivity contribution is 6.64. The molecule has 0 saturated heterocycles. The number of benzene rings is 1. The number of ether oxygens (including phenoxy) is 1. The predicted octanol–water partition coefficient (Wildman–Crippen LogP) is 3.79.